The third-order valence-electron chi connectivity index (χ3n) is 6.78. The highest BCUT2D eigenvalue weighted by Crippen LogP contribution is 2.64. The van der Waals surface area contributed by atoms with Gasteiger partial charge in [-0.05, 0) is 55.0 Å². The molecule has 280 valence electrons. The van der Waals surface area contributed by atoms with Crippen molar-refractivity contribution in [1.29, 1.82) is 0 Å². The first-order chi connectivity index (χ1) is 22.6. The lowest BCUT2D eigenvalue weighted by molar-refractivity contribution is -0.461. The van der Waals surface area contributed by atoms with Crippen molar-refractivity contribution in [2.75, 3.05) is 13.2 Å². The molecule has 0 saturated carbocycles. The molecule has 2 rings (SSSR count). The van der Waals surface area contributed by atoms with Gasteiger partial charge in [-0.3, -0.25) is 0 Å². The quantitative estimate of drug-likeness (QED) is 0.0787. The van der Waals surface area contributed by atoms with Crippen molar-refractivity contribution in [3.8, 4) is 17.6 Å². The van der Waals surface area contributed by atoms with Gasteiger partial charge in [0.1, 0.15) is 5.75 Å². The van der Waals surface area contributed by atoms with Gasteiger partial charge in [0.15, 0.2) is 0 Å². The Hall–Kier alpha value is -3.92. The molecule has 0 fully saturated rings. The van der Waals surface area contributed by atoms with Crippen molar-refractivity contribution in [2.45, 2.75) is 80.2 Å². The number of carbonyl (C=O) groups is 1. The smallest absolute Gasteiger partial charge is 0.460 e. The molecule has 50 heavy (non-hydrogen) atoms. The van der Waals surface area contributed by atoms with Gasteiger partial charge in [-0.2, -0.15) is 74.6 Å². The van der Waals surface area contributed by atoms with E-state index in [1.165, 1.54) is 12.1 Å². The van der Waals surface area contributed by atoms with Gasteiger partial charge in [0.25, 0.3) is 0 Å². The lowest BCUT2D eigenvalue weighted by Gasteiger charge is -2.42. The largest absolute Gasteiger partial charge is 0.494 e. The zero-order chi connectivity index (χ0) is 38.6. The molecule has 0 N–H and O–H groups in total. The highest BCUT2D eigenvalue weighted by Gasteiger charge is 2.95. The Bertz CT molecular complexity index is 1500. The first-order valence-corrected chi connectivity index (χ1v) is 13.9. The number of benzene rings is 2. The summed E-state index contributed by atoms with van der Waals surface area (Å²) in [4.78, 5) is 12.1. The molecular formula is C30H23F17O3. The van der Waals surface area contributed by atoms with E-state index in [1.807, 2.05) is 6.92 Å². The normalized spacial score (nSPS) is 13.8. The van der Waals surface area contributed by atoms with E-state index in [-0.39, 0.29) is 5.56 Å². The summed E-state index contributed by atoms with van der Waals surface area (Å²) in [5, 5.41) is 0. The third kappa shape index (κ3) is 8.01. The van der Waals surface area contributed by atoms with E-state index in [0.717, 1.165) is 31.4 Å². The second-order valence-corrected chi connectivity index (χ2v) is 10.4. The van der Waals surface area contributed by atoms with Crippen molar-refractivity contribution >= 4 is 5.97 Å². The van der Waals surface area contributed by atoms with Gasteiger partial charge in [-0.25, -0.2) is 4.79 Å². The number of ether oxygens (including phenoxy) is 2. The van der Waals surface area contributed by atoms with Crippen LogP contribution in [0.15, 0.2) is 48.5 Å². The summed E-state index contributed by atoms with van der Waals surface area (Å²) in [5.41, 5.74) is 0.290. The summed E-state index contributed by atoms with van der Waals surface area (Å²) in [6.45, 7) is 0.511. The molecule has 2 aromatic carbocycles. The molecule has 0 unspecified atom stereocenters. The average molecular weight is 754 g/mol. The molecule has 3 nitrogen and oxygen atoms in total. The number of esters is 1. The zero-order valence-corrected chi connectivity index (χ0v) is 25.0. The number of halogens is 17. The fourth-order valence-electron chi connectivity index (χ4n) is 3.72. The van der Waals surface area contributed by atoms with E-state index in [4.69, 9.17) is 4.74 Å². The minimum Gasteiger partial charge on any atom is -0.494 e. The van der Waals surface area contributed by atoms with E-state index in [1.54, 1.807) is 24.3 Å². The molecule has 0 bridgehead atoms. The Balaban J connectivity index is 2.11. The molecule has 0 radical (unpaired) electrons. The first kappa shape index (κ1) is 42.2. The molecule has 0 aliphatic rings. The Kier molecular flexibility index (Phi) is 12.5. The van der Waals surface area contributed by atoms with Crippen LogP contribution in [0.5, 0.6) is 5.75 Å². The van der Waals surface area contributed by atoms with Crippen molar-refractivity contribution < 1.29 is 88.9 Å². The summed E-state index contributed by atoms with van der Waals surface area (Å²) in [7, 11) is 0. The summed E-state index contributed by atoms with van der Waals surface area (Å²) in [6, 6.07) is 10.9. The maximum Gasteiger partial charge on any atom is 0.460 e. The van der Waals surface area contributed by atoms with Crippen molar-refractivity contribution in [2.24, 2.45) is 0 Å². The van der Waals surface area contributed by atoms with Crippen molar-refractivity contribution in [1.82, 2.24) is 0 Å². The minimum atomic E-state index is -8.71. The van der Waals surface area contributed by atoms with E-state index >= 15 is 0 Å². The zero-order valence-electron chi connectivity index (χ0n) is 25.0. The van der Waals surface area contributed by atoms with Gasteiger partial charge in [0.05, 0.1) is 25.2 Å². The fraction of sp³-hybridized carbons (Fsp3) is 0.500. The second-order valence-electron chi connectivity index (χ2n) is 10.4. The summed E-state index contributed by atoms with van der Waals surface area (Å²) < 4.78 is 237. The molecule has 0 heterocycles. The number of hydrogen-bond donors (Lipinski definition) is 0. The predicted octanol–water partition coefficient (Wildman–Crippen LogP) is 10.2. The summed E-state index contributed by atoms with van der Waals surface area (Å²) in [6.07, 6.45) is -7.84. The molecule has 0 atom stereocenters. The second kappa shape index (κ2) is 14.7. The van der Waals surface area contributed by atoms with Crippen LogP contribution in [0.2, 0.25) is 0 Å². The molecule has 0 amide bonds. The van der Waals surface area contributed by atoms with Crippen LogP contribution < -0.4 is 4.74 Å². The Morgan fingerprint density at radius 3 is 1.42 bits per heavy atom. The molecule has 0 saturated heterocycles. The molecule has 0 aliphatic carbocycles. The molecule has 2 aromatic rings. The van der Waals surface area contributed by atoms with Crippen LogP contribution in [0.3, 0.4) is 0 Å². The van der Waals surface area contributed by atoms with E-state index < -0.39 is 72.2 Å². The average Bonchev–Trinajstić information content (AvgIpc) is 3.01. The van der Waals surface area contributed by atoms with E-state index in [9.17, 15) is 79.4 Å². The molecule has 0 aromatic heterocycles. The number of carbonyl (C=O) groups excluding carboxylic acids is 1. The maximum atomic E-state index is 14.0. The topological polar surface area (TPSA) is 35.5 Å². The number of hydrogen-bond acceptors (Lipinski definition) is 3. The van der Waals surface area contributed by atoms with Crippen LogP contribution in [-0.4, -0.2) is 66.8 Å². The number of rotatable bonds is 15. The standard InChI is InChI=1S/C30H23F17O3/c1-2-3-4-16-49-21-13-9-19(10-14-21)6-5-18-7-11-20(12-8-18)22(48)50-17-15-23(31,32)24(33,34)25(35,36)26(37,38)27(39,40)28(41,42)29(43,44)30(45,46)47/h7-14H,2-4,15-17H2,1H3. The molecule has 0 spiro atoms. The van der Waals surface area contributed by atoms with Crippen LogP contribution in [0, 0.1) is 11.8 Å². The lowest BCUT2D eigenvalue weighted by Crippen LogP contribution is -2.74. The van der Waals surface area contributed by atoms with Gasteiger partial charge in [0, 0.05) is 11.1 Å². The van der Waals surface area contributed by atoms with Crippen LogP contribution in [0.25, 0.3) is 0 Å². The first-order valence-electron chi connectivity index (χ1n) is 13.9. The fourth-order valence-corrected chi connectivity index (χ4v) is 3.72. The summed E-state index contributed by atoms with van der Waals surface area (Å²) >= 11 is 0. The van der Waals surface area contributed by atoms with Crippen LogP contribution >= 0.6 is 0 Å². The number of alkyl halides is 17. The molecule has 20 heteroatoms. The van der Waals surface area contributed by atoms with Gasteiger partial charge in [-0.15, -0.1) is 0 Å². The minimum absolute atomic E-state index is 0.256. The van der Waals surface area contributed by atoms with Gasteiger partial charge < -0.3 is 9.47 Å². The monoisotopic (exact) mass is 754 g/mol. The van der Waals surface area contributed by atoms with Crippen LogP contribution in [0.4, 0.5) is 74.6 Å². The van der Waals surface area contributed by atoms with Gasteiger partial charge in [0.2, 0.25) is 0 Å². The Labute approximate surface area is 271 Å². The predicted molar refractivity (Wildman–Crippen MR) is 139 cm³/mol. The van der Waals surface area contributed by atoms with E-state index in [2.05, 4.69) is 16.6 Å². The third-order valence-corrected chi connectivity index (χ3v) is 6.78. The van der Waals surface area contributed by atoms with Crippen LogP contribution in [-0.2, 0) is 4.74 Å². The highest BCUT2D eigenvalue weighted by atomic mass is 19.4. The molecular weight excluding hydrogens is 731 g/mol. The maximum absolute atomic E-state index is 14.0. The SMILES string of the molecule is CCCCCOc1ccc(C#Cc2ccc(C(=O)OCCC(F)(F)C(F)(F)C(F)(F)C(F)(F)C(F)(F)C(F)(F)C(F)(F)C(F)(F)F)cc2)cc1. The lowest BCUT2D eigenvalue weighted by atomic mass is 9.88. The van der Waals surface area contributed by atoms with Crippen LogP contribution in [0.1, 0.15) is 54.1 Å². The Morgan fingerprint density at radius 2 is 0.980 bits per heavy atom. The van der Waals surface area contributed by atoms with Gasteiger partial charge >= 0.3 is 53.6 Å². The summed E-state index contributed by atoms with van der Waals surface area (Å²) in [5.74, 6) is -52.7. The van der Waals surface area contributed by atoms with Crippen molar-refractivity contribution in [3.63, 3.8) is 0 Å². The van der Waals surface area contributed by atoms with Gasteiger partial charge in [-0.1, -0.05) is 31.6 Å². The Morgan fingerprint density at radius 1 is 0.560 bits per heavy atom. The highest BCUT2D eigenvalue weighted by molar-refractivity contribution is 5.89. The number of unbranched alkanes of at least 4 members (excludes halogenated alkanes) is 2. The molecule has 0 aliphatic heterocycles. The van der Waals surface area contributed by atoms with E-state index in [0.29, 0.717) is 17.9 Å². The van der Waals surface area contributed by atoms with Crippen molar-refractivity contribution in [3.05, 3.63) is 65.2 Å².